The molecule has 5 nitrogen and oxygen atoms in total. The number of fused-ring (bicyclic) bond motifs is 1. The van der Waals surface area contributed by atoms with Gasteiger partial charge in [-0.3, -0.25) is 4.79 Å². The third-order valence-electron chi connectivity index (χ3n) is 5.68. The summed E-state index contributed by atoms with van der Waals surface area (Å²) in [4.78, 5) is 19.2. The van der Waals surface area contributed by atoms with Crippen LogP contribution in [0, 0.1) is 0 Å². The molecule has 1 aliphatic heterocycles. The first-order valence-corrected chi connectivity index (χ1v) is 10.3. The Morgan fingerprint density at radius 1 is 0.967 bits per heavy atom. The highest BCUT2D eigenvalue weighted by molar-refractivity contribution is 5.94. The summed E-state index contributed by atoms with van der Waals surface area (Å²) in [6.07, 6.45) is 0.249. The molecule has 1 saturated heterocycles. The van der Waals surface area contributed by atoms with Gasteiger partial charge in [0.1, 0.15) is 5.82 Å². The van der Waals surface area contributed by atoms with Crippen molar-refractivity contribution in [2.75, 3.05) is 13.1 Å². The molecule has 3 aromatic carbocycles. The number of aliphatic hydroxyl groups is 1. The molecule has 0 aliphatic carbocycles. The molecule has 4 aromatic rings. The zero-order valence-corrected chi connectivity index (χ0v) is 16.6. The number of hydrogen-bond acceptors (Lipinski definition) is 3. The van der Waals surface area contributed by atoms with Crippen LogP contribution >= 0.6 is 0 Å². The zero-order valence-electron chi connectivity index (χ0n) is 16.6. The van der Waals surface area contributed by atoms with Crippen molar-refractivity contribution in [3.8, 4) is 11.4 Å². The highest BCUT2D eigenvalue weighted by Crippen LogP contribution is 2.26. The molecule has 5 heteroatoms. The fraction of sp³-hybridized carbons (Fsp3) is 0.200. The fourth-order valence-electron chi connectivity index (χ4n) is 4.09. The van der Waals surface area contributed by atoms with Crippen LogP contribution < -0.4 is 0 Å². The minimum atomic E-state index is -0.404. The maximum atomic E-state index is 12.6. The molecular weight excluding hydrogens is 374 g/mol. The van der Waals surface area contributed by atoms with Crippen molar-refractivity contribution in [1.29, 1.82) is 0 Å². The Labute approximate surface area is 175 Å². The number of carbonyl (C=O) groups is 1. The number of nitrogens with zero attached hydrogens (tertiary/aromatic N) is 3. The van der Waals surface area contributed by atoms with E-state index in [0.29, 0.717) is 31.6 Å². The molecule has 0 spiro atoms. The Morgan fingerprint density at radius 2 is 1.70 bits per heavy atom. The molecule has 0 saturated carbocycles. The number of likely N-dealkylation sites (tertiary alicyclic amines) is 1. The second kappa shape index (κ2) is 7.76. The standard InChI is InChI=1S/C25H23N3O2/c29-21-14-15-27(17-21)25(30)20-12-10-18(11-13-20)16-28-23-9-5-4-8-22(23)26-24(28)19-6-2-1-3-7-19/h1-13,21,29H,14-17H2. The van der Waals surface area contributed by atoms with E-state index >= 15 is 0 Å². The normalized spacial score (nSPS) is 16.3. The van der Waals surface area contributed by atoms with E-state index in [-0.39, 0.29) is 5.91 Å². The number of rotatable bonds is 4. The highest BCUT2D eigenvalue weighted by atomic mass is 16.3. The molecule has 1 aromatic heterocycles. The average molecular weight is 397 g/mol. The topological polar surface area (TPSA) is 58.4 Å². The third kappa shape index (κ3) is 3.48. The van der Waals surface area contributed by atoms with Crippen molar-refractivity contribution in [1.82, 2.24) is 14.5 Å². The monoisotopic (exact) mass is 397 g/mol. The fourth-order valence-corrected chi connectivity index (χ4v) is 4.09. The van der Waals surface area contributed by atoms with Crippen molar-refractivity contribution in [3.05, 3.63) is 90.0 Å². The van der Waals surface area contributed by atoms with E-state index < -0.39 is 6.10 Å². The number of imidazole rings is 1. The van der Waals surface area contributed by atoms with Crippen molar-refractivity contribution in [3.63, 3.8) is 0 Å². The molecular formula is C25H23N3O2. The molecule has 0 radical (unpaired) electrons. The molecule has 5 rings (SSSR count). The number of carbonyl (C=O) groups excluding carboxylic acids is 1. The average Bonchev–Trinajstić information content (AvgIpc) is 3.38. The summed E-state index contributed by atoms with van der Waals surface area (Å²) in [5.41, 5.74) is 4.89. The Kier molecular flexibility index (Phi) is 4.81. The van der Waals surface area contributed by atoms with Crippen molar-refractivity contribution >= 4 is 16.9 Å². The molecule has 1 N–H and O–H groups in total. The van der Waals surface area contributed by atoms with Gasteiger partial charge in [0.25, 0.3) is 5.91 Å². The van der Waals surface area contributed by atoms with Gasteiger partial charge in [-0.25, -0.2) is 4.98 Å². The maximum absolute atomic E-state index is 12.6. The molecule has 1 amide bonds. The molecule has 150 valence electrons. The van der Waals surface area contributed by atoms with Gasteiger partial charge in [0.05, 0.1) is 17.1 Å². The van der Waals surface area contributed by atoms with Gasteiger partial charge in [0.2, 0.25) is 0 Å². The molecule has 30 heavy (non-hydrogen) atoms. The Bertz CT molecular complexity index is 1180. The summed E-state index contributed by atoms with van der Waals surface area (Å²) in [6.45, 7) is 1.70. The number of hydrogen-bond donors (Lipinski definition) is 1. The summed E-state index contributed by atoms with van der Waals surface area (Å²) < 4.78 is 2.22. The predicted molar refractivity (Wildman–Crippen MR) is 117 cm³/mol. The van der Waals surface area contributed by atoms with Crippen LogP contribution in [-0.2, 0) is 6.54 Å². The third-order valence-corrected chi connectivity index (χ3v) is 5.68. The van der Waals surface area contributed by atoms with Gasteiger partial charge in [-0.2, -0.15) is 0 Å². The van der Waals surface area contributed by atoms with Crippen molar-refractivity contribution in [2.24, 2.45) is 0 Å². The van der Waals surface area contributed by atoms with Gasteiger partial charge in [0.15, 0.2) is 0 Å². The van der Waals surface area contributed by atoms with Gasteiger partial charge in [0, 0.05) is 30.8 Å². The van der Waals surface area contributed by atoms with E-state index in [9.17, 15) is 9.90 Å². The van der Waals surface area contributed by atoms with Crippen LogP contribution in [-0.4, -0.2) is 44.7 Å². The minimum Gasteiger partial charge on any atom is -0.391 e. The van der Waals surface area contributed by atoms with E-state index in [1.165, 1.54) is 0 Å². The van der Waals surface area contributed by atoms with E-state index in [1.807, 2.05) is 60.7 Å². The number of aromatic nitrogens is 2. The second-order valence-corrected chi connectivity index (χ2v) is 7.77. The maximum Gasteiger partial charge on any atom is 0.253 e. The summed E-state index contributed by atoms with van der Waals surface area (Å²) in [7, 11) is 0. The van der Waals surface area contributed by atoms with Crippen LogP contribution in [0.3, 0.4) is 0 Å². The number of para-hydroxylation sites is 2. The number of benzene rings is 3. The lowest BCUT2D eigenvalue weighted by Gasteiger charge is -2.16. The number of aliphatic hydroxyl groups excluding tert-OH is 1. The number of amides is 1. The lowest BCUT2D eigenvalue weighted by atomic mass is 10.1. The smallest absolute Gasteiger partial charge is 0.253 e. The van der Waals surface area contributed by atoms with E-state index in [4.69, 9.17) is 4.98 Å². The molecule has 1 aliphatic rings. The number of β-amino-alcohol motifs (C(OH)–C–C–N with tert-alkyl or cyclic N) is 1. The minimum absolute atomic E-state index is 0.0174. The Hall–Kier alpha value is -3.44. The van der Waals surface area contributed by atoms with Crippen LogP contribution in [0.4, 0.5) is 0 Å². The molecule has 1 atom stereocenters. The highest BCUT2D eigenvalue weighted by Gasteiger charge is 2.25. The van der Waals surface area contributed by atoms with Gasteiger partial charge >= 0.3 is 0 Å². The van der Waals surface area contributed by atoms with Crippen LogP contribution in [0.1, 0.15) is 22.3 Å². The summed E-state index contributed by atoms with van der Waals surface area (Å²) in [5.74, 6) is 0.916. The van der Waals surface area contributed by atoms with E-state index in [1.54, 1.807) is 4.90 Å². The molecule has 1 unspecified atom stereocenters. The van der Waals surface area contributed by atoms with Crippen LogP contribution in [0.2, 0.25) is 0 Å². The molecule has 0 bridgehead atoms. The summed E-state index contributed by atoms with van der Waals surface area (Å²) in [5, 5.41) is 9.69. The largest absolute Gasteiger partial charge is 0.391 e. The van der Waals surface area contributed by atoms with Gasteiger partial charge < -0.3 is 14.6 Å². The second-order valence-electron chi connectivity index (χ2n) is 7.77. The Balaban J connectivity index is 1.45. The van der Waals surface area contributed by atoms with Gasteiger partial charge in [-0.15, -0.1) is 0 Å². The lowest BCUT2D eigenvalue weighted by molar-refractivity contribution is 0.0765. The molecule has 2 heterocycles. The van der Waals surface area contributed by atoms with Crippen LogP contribution in [0.15, 0.2) is 78.9 Å². The first kappa shape index (κ1) is 18.6. The van der Waals surface area contributed by atoms with Gasteiger partial charge in [-0.1, -0.05) is 54.6 Å². The van der Waals surface area contributed by atoms with Crippen LogP contribution in [0.5, 0.6) is 0 Å². The van der Waals surface area contributed by atoms with Crippen molar-refractivity contribution in [2.45, 2.75) is 19.1 Å². The SMILES string of the molecule is O=C(c1ccc(Cn2c(-c3ccccc3)nc3ccccc32)cc1)N1CCC(O)C1. The quantitative estimate of drug-likeness (QED) is 0.567. The lowest BCUT2D eigenvalue weighted by Crippen LogP contribution is -2.29. The predicted octanol–water partition coefficient (Wildman–Crippen LogP) is 3.96. The van der Waals surface area contributed by atoms with Crippen molar-refractivity contribution < 1.29 is 9.90 Å². The van der Waals surface area contributed by atoms with Gasteiger partial charge in [-0.05, 0) is 36.2 Å². The first-order valence-electron chi connectivity index (χ1n) is 10.3. The summed E-state index contributed by atoms with van der Waals surface area (Å²) >= 11 is 0. The Morgan fingerprint density at radius 3 is 2.43 bits per heavy atom. The van der Waals surface area contributed by atoms with E-state index in [0.717, 1.165) is 28.0 Å². The zero-order chi connectivity index (χ0) is 20.5. The molecule has 1 fully saturated rings. The summed E-state index contributed by atoms with van der Waals surface area (Å²) in [6, 6.07) is 26.1. The first-order chi connectivity index (χ1) is 14.7. The van der Waals surface area contributed by atoms with Crippen LogP contribution in [0.25, 0.3) is 22.4 Å². The van der Waals surface area contributed by atoms with E-state index in [2.05, 4.69) is 22.8 Å².